The predicted octanol–water partition coefficient (Wildman–Crippen LogP) is 1.45. The molecular weight excluding hydrogens is 244 g/mol. The Labute approximate surface area is 112 Å². The van der Waals surface area contributed by atoms with Crippen LogP contribution < -0.4 is 5.32 Å². The fraction of sp³-hybridized carbons (Fsp3) is 0.500. The number of hydrogen-bond acceptors (Lipinski definition) is 3. The van der Waals surface area contributed by atoms with E-state index in [1.807, 2.05) is 28.8 Å². The molecule has 0 aromatic heterocycles. The fourth-order valence-electron chi connectivity index (χ4n) is 2.72. The lowest BCUT2D eigenvalue weighted by Crippen LogP contribution is -2.44. The number of amides is 1. The van der Waals surface area contributed by atoms with E-state index in [0.717, 1.165) is 37.7 Å². The molecule has 1 saturated heterocycles. The number of hydrogen-bond donors (Lipinski definition) is 1. The first kappa shape index (κ1) is 12.1. The van der Waals surface area contributed by atoms with Crippen molar-refractivity contribution >= 4 is 17.7 Å². The molecule has 1 amide bonds. The highest BCUT2D eigenvalue weighted by molar-refractivity contribution is 7.99. The molecule has 1 N–H and O–H groups in total. The second kappa shape index (κ2) is 5.33. The average Bonchev–Trinajstić information content (AvgIpc) is 2.47. The van der Waals surface area contributed by atoms with Gasteiger partial charge in [-0.25, -0.2) is 0 Å². The molecule has 0 saturated carbocycles. The highest BCUT2D eigenvalue weighted by Gasteiger charge is 2.30. The van der Waals surface area contributed by atoms with Gasteiger partial charge in [0.15, 0.2) is 0 Å². The van der Waals surface area contributed by atoms with Crippen LogP contribution in [0.15, 0.2) is 24.3 Å². The van der Waals surface area contributed by atoms with Gasteiger partial charge >= 0.3 is 0 Å². The maximum atomic E-state index is 12.6. The lowest BCUT2D eigenvalue weighted by molar-refractivity contribution is -0.132. The van der Waals surface area contributed by atoms with Crippen molar-refractivity contribution < 1.29 is 4.79 Å². The first-order valence-corrected chi connectivity index (χ1v) is 7.67. The molecule has 1 aromatic rings. The van der Waals surface area contributed by atoms with Crippen LogP contribution in [-0.2, 0) is 11.3 Å². The van der Waals surface area contributed by atoms with Crippen molar-refractivity contribution in [2.75, 3.05) is 31.1 Å². The van der Waals surface area contributed by atoms with Gasteiger partial charge in [0.1, 0.15) is 0 Å². The second-order valence-corrected chi connectivity index (χ2v) is 6.04. The number of nitrogens with zero attached hydrogens (tertiary/aromatic N) is 1. The molecule has 1 aromatic carbocycles. The molecule has 0 bridgehead atoms. The second-order valence-electron chi connectivity index (χ2n) is 4.82. The summed E-state index contributed by atoms with van der Waals surface area (Å²) in [4.78, 5) is 14.6. The SMILES string of the molecule is O=C(C1CNCc2ccccc21)N1CCSCC1. The summed E-state index contributed by atoms with van der Waals surface area (Å²) in [7, 11) is 0. The highest BCUT2D eigenvalue weighted by Crippen LogP contribution is 2.26. The van der Waals surface area contributed by atoms with Gasteiger partial charge in [0, 0.05) is 37.7 Å². The Hall–Kier alpha value is -1.000. The molecule has 3 nitrogen and oxygen atoms in total. The molecule has 0 spiro atoms. The number of rotatable bonds is 1. The maximum absolute atomic E-state index is 12.6. The monoisotopic (exact) mass is 262 g/mol. The van der Waals surface area contributed by atoms with E-state index in [4.69, 9.17) is 0 Å². The summed E-state index contributed by atoms with van der Waals surface area (Å²) >= 11 is 1.94. The van der Waals surface area contributed by atoms with Crippen molar-refractivity contribution in [3.05, 3.63) is 35.4 Å². The number of thioether (sulfide) groups is 1. The largest absolute Gasteiger partial charge is 0.340 e. The molecule has 1 atom stereocenters. The number of carbonyl (C=O) groups is 1. The van der Waals surface area contributed by atoms with E-state index >= 15 is 0 Å². The van der Waals surface area contributed by atoms with Crippen LogP contribution in [0.3, 0.4) is 0 Å². The zero-order valence-electron chi connectivity index (χ0n) is 10.4. The van der Waals surface area contributed by atoms with E-state index in [1.54, 1.807) is 0 Å². The number of nitrogens with one attached hydrogen (secondary N) is 1. The third-order valence-corrected chi connectivity index (χ3v) is 4.66. The minimum Gasteiger partial charge on any atom is -0.340 e. The fourth-order valence-corrected chi connectivity index (χ4v) is 3.62. The molecule has 4 heteroatoms. The molecule has 3 rings (SSSR count). The normalized spacial score (nSPS) is 23.6. The van der Waals surface area contributed by atoms with E-state index in [1.165, 1.54) is 11.1 Å². The zero-order valence-corrected chi connectivity index (χ0v) is 11.2. The molecule has 2 heterocycles. The molecular formula is C14H18N2OS. The maximum Gasteiger partial charge on any atom is 0.231 e. The van der Waals surface area contributed by atoms with E-state index in [-0.39, 0.29) is 5.92 Å². The Kier molecular flexibility index (Phi) is 3.57. The van der Waals surface area contributed by atoms with Crippen LogP contribution in [0.25, 0.3) is 0 Å². The summed E-state index contributed by atoms with van der Waals surface area (Å²) in [5, 5.41) is 3.36. The molecule has 2 aliphatic rings. The minimum atomic E-state index is 0.0121. The van der Waals surface area contributed by atoms with Gasteiger partial charge in [-0.3, -0.25) is 4.79 Å². The minimum absolute atomic E-state index is 0.0121. The molecule has 0 radical (unpaired) electrons. The molecule has 0 aliphatic carbocycles. The third kappa shape index (κ3) is 2.27. The van der Waals surface area contributed by atoms with Crippen LogP contribution in [0.2, 0.25) is 0 Å². The van der Waals surface area contributed by atoms with E-state index in [0.29, 0.717) is 5.91 Å². The van der Waals surface area contributed by atoms with Crippen LogP contribution in [0.5, 0.6) is 0 Å². The zero-order chi connectivity index (χ0) is 12.4. The van der Waals surface area contributed by atoms with Gasteiger partial charge < -0.3 is 10.2 Å². The summed E-state index contributed by atoms with van der Waals surface area (Å²) in [6.45, 7) is 3.47. The summed E-state index contributed by atoms with van der Waals surface area (Å²) in [5.41, 5.74) is 2.49. The molecule has 1 fully saturated rings. The quantitative estimate of drug-likeness (QED) is 0.831. The number of carbonyl (C=O) groups excluding carboxylic acids is 1. The van der Waals surface area contributed by atoms with Crippen molar-refractivity contribution in [1.82, 2.24) is 10.2 Å². The Morgan fingerprint density at radius 3 is 2.89 bits per heavy atom. The lowest BCUT2D eigenvalue weighted by Gasteiger charge is -2.33. The lowest BCUT2D eigenvalue weighted by atomic mass is 9.90. The van der Waals surface area contributed by atoms with E-state index in [2.05, 4.69) is 17.4 Å². The first-order valence-electron chi connectivity index (χ1n) is 6.51. The Morgan fingerprint density at radius 1 is 1.28 bits per heavy atom. The average molecular weight is 262 g/mol. The van der Waals surface area contributed by atoms with Crippen LogP contribution in [0.4, 0.5) is 0 Å². The van der Waals surface area contributed by atoms with Crippen molar-refractivity contribution in [2.24, 2.45) is 0 Å². The van der Waals surface area contributed by atoms with Gasteiger partial charge in [0.05, 0.1) is 5.92 Å². The van der Waals surface area contributed by atoms with E-state index < -0.39 is 0 Å². The smallest absolute Gasteiger partial charge is 0.231 e. The first-order chi connectivity index (χ1) is 8.86. The van der Waals surface area contributed by atoms with Crippen LogP contribution in [0, 0.1) is 0 Å². The molecule has 1 unspecified atom stereocenters. The topological polar surface area (TPSA) is 32.3 Å². The van der Waals surface area contributed by atoms with Gasteiger partial charge in [-0.2, -0.15) is 11.8 Å². The predicted molar refractivity (Wildman–Crippen MR) is 74.8 cm³/mol. The van der Waals surface area contributed by atoms with E-state index in [9.17, 15) is 4.79 Å². The van der Waals surface area contributed by atoms with Gasteiger partial charge in [-0.15, -0.1) is 0 Å². The van der Waals surface area contributed by atoms with Gasteiger partial charge in [0.2, 0.25) is 5.91 Å². The van der Waals surface area contributed by atoms with Crippen LogP contribution in [0.1, 0.15) is 17.0 Å². The van der Waals surface area contributed by atoms with Gasteiger partial charge in [0.25, 0.3) is 0 Å². The molecule has 96 valence electrons. The summed E-state index contributed by atoms with van der Waals surface area (Å²) in [6.07, 6.45) is 0. The highest BCUT2D eigenvalue weighted by atomic mass is 32.2. The summed E-state index contributed by atoms with van der Waals surface area (Å²) in [5.74, 6) is 2.47. The standard InChI is InChI=1S/C14H18N2OS/c17-14(16-5-7-18-8-6-16)13-10-15-9-11-3-1-2-4-12(11)13/h1-4,13,15H,5-10H2. The van der Waals surface area contributed by atoms with Gasteiger partial charge in [-0.1, -0.05) is 24.3 Å². The summed E-state index contributed by atoms with van der Waals surface area (Å²) in [6, 6.07) is 8.31. The van der Waals surface area contributed by atoms with Crippen molar-refractivity contribution in [3.63, 3.8) is 0 Å². The Morgan fingerprint density at radius 2 is 2.06 bits per heavy atom. The molecule has 2 aliphatic heterocycles. The summed E-state index contributed by atoms with van der Waals surface area (Å²) < 4.78 is 0. The third-order valence-electron chi connectivity index (χ3n) is 3.72. The number of benzene rings is 1. The van der Waals surface area contributed by atoms with Crippen LogP contribution >= 0.6 is 11.8 Å². The Balaban J connectivity index is 1.82. The van der Waals surface area contributed by atoms with Crippen molar-refractivity contribution in [3.8, 4) is 0 Å². The van der Waals surface area contributed by atoms with Crippen LogP contribution in [-0.4, -0.2) is 41.9 Å². The van der Waals surface area contributed by atoms with Crippen molar-refractivity contribution in [2.45, 2.75) is 12.5 Å². The Bertz CT molecular complexity index is 443. The van der Waals surface area contributed by atoms with Crippen molar-refractivity contribution in [1.29, 1.82) is 0 Å². The number of fused-ring (bicyclic) bond motifs is 1. The van der Waals surface area contributed by atoms with Gasteiger partial charge in [-0.05, 0) is 11.1 Å². The molecule has 18 heavy (non-hydrogen) atoms.